The third-order valence-electron chi connectivity index (χ3n) is 3.28. The molecule has 17 heavy (non-hydrogen) atoms. The monoisotopic (exact) mass is 297 g/mol. The highest BCUT2D eigenvalue weighted by Crippen LogP contribution is 2.31. The zero-order valence-corrected chi connectivity index (χ0v) is 11.6. The molecule has 0 aliphatic carbocycles. The Morgan fingerprint density at radius 1 is 1.53 bits per heavy atom. The van der Waals surface area contributed by atoms with E-state index in [4.69, 9.17) is 4.74 Å². The van der Waals surface area contributed by atoms with Crippen molar-refractivity contribution in [3.63, 3.8) is 0 Å². The van der Waals surface area contributed by atoms with Gasteiger partial charge in [0.15, 0.2) is 0 Å². The van der Waals surface area contributed by atoms with Gasteiger partial charge in [0.25, 0.3) is 0 Å². The van der Waals surface area contributed by atoms with Crippen molar-refractivity contribution < 1.29 is 9.53 Å². The minimum absolute atomic E-state index is 0.0259. The summed E-state index contributed by atoms with van der Waals surface area (Å²) in [5.41, 5.74) is 2.34. The summed E-state index contributed by atoms with van der Waals surface area (Å²) < 4.78 is 6.88. The van der Waals surface area contributed by atoms with Crippen LogP contribution < -0.4 is 0 Å². The van der Waals surface area contributed by atoms with E-state index in [0.29, 0.717) is 13.2 Å². The zero-order chi connectivity index (χ0) is 12.4. The Hall–Kier alpha value is -0.870. The number of hydrogen-bond acceptors (Lipinski definition) is 2. The van der Waals surface area contributed by atoms with Crippen LogP contribution in [0.3, 0.4) is 0 Å². The number of halogens is 1. The topological polar surface area (TPSA) is 29.5 Å². The first-order valence-corrected chi connectivity index (χ1v) is 6.51. The van der Waals surface area contributed by atoms with Crippen LogP contribution >= 0.6 is 15.9 Å². The number of aryl methyl sites for hydroxylation is 1. The van der Waals surface area contributed by atoms with E-state index in [2.05, 4.69) is 35.0 Å². The van der Waals surface area contributed by atoms with Crippen molar-refractivity contribution in [2.24, 2.45) is 0 Å². The van der Waals surface area contributed by atoms with E-state index in [9.17, 15) is 4.79 Å². The highest BCUT2D eigenvalue weighted by Gasteiger charge is 2.29. The van der Waals surface area contributed by atoms with Gasteiger partial charge in [0.05, 0.1) is 12.6 Å². The van der Waals surface area contributed by atoms with Crippen LogP contribution in [0.15, 0.2) is 22.7 Å². The second-order valence-electron chi connectivity index (χ2n) is 4.38. The lowest BCUT2D eigenvalue weighted by Gasteiger charge is -2.37. The Bertz CT molecular complexity index is 422. The largest absolute Gasteiger partial charge is 0.370 e. The van der Waals surface area contributed by atoms with Crippen LogP contribution in [-0.4, -0.2) is 30.5 Å². The smallest absolute Gasteiger partial charge is 0.210 e. The van der Waals surface area contributed by atoms with Gasteiger partial charge in [-0.2, -0.15) is 0 Å². The second-order valence-corrected chi connectivity index (χ2v) is 5.29. The molecule has 1 heterocycles. The van der Waals surface area contributed by atoms with Gasteiger partial charge >= 0.3 is 0 Å². The van der Waals surface area contributed by atoms with Crippen molar-refractivity contribution in [1.82, 2.24) is 4.90 Å². The third kappa shape index (κ3) is 2.53. The lowest BCUT2D eigenvalue weighted by atomic mass is 9.97. The number of benzene rings is 1. The quantitative estimate of drug-likeness (QED) is 0.786. The summed E-state index contributed by atoms with van der Waals surface area (Å²) in [6, 6.07) is 6.24. The van der Waals surface area contributed by atoms with Crippen molar-refractivity contribution >= 4 is 22.3 Å². The van der Waals surface area contributed by atoms with E-state index in [1.807, 2.05) is 13.0 Å². The summed E-state index contributed by atoms with van der Waals surface area (Å²) in [6.07, 6.45) is 0.885. The Morgan fingerprint density at radius 2 is 2.29 bits per heavy atom. The van der Waals surface area contributed by atoms with Crippen molar-refractivity contribution in [2.45, 2.75) is 26.0 Å². The molecule has 0 aromatic heterocycles. The molecule has 0 bridgehead atoms. The molecule has 0 N–H and O–H groups in total. The number of ether oxygens (including phenoxy) is 1. The molecule has 3 nitrogen and oxygen atoms in total. The van der Waals surface area contributed by atoms with Crippen LogP contribution in [0, 0.1) is 6.92 Å². The number of hydrogen-bond donors (Lipinski definition) is 0. The van der Waals surface area contributed by atoms with Gasteiger partial charge in [-0.1, -0.05) is 22.0 Å². The molecule has 2 atom stereocenters. The molecule has 0 saturated carbocycles. The molecule has 1 unspecified atom stereocenters. The van der Waals surface area contributed by atoms with Gasteiger partial charge in [-0.25, -0.2) is 0 Å². The average molecular weight is 298 g/mol. The Morgan fingerprint density at radius 3 is 2.94 bits per heavy atom. The van der Waals surface area contributed by atoms with Crippen molar-refractivity contribution in [2.75, 3.05) is 13.2 Å². The second kappa shape index (κ2) is 5.19. The maximum atomic E-state index is 10.9. The molecule has 1 aromatic carbocycles. The molecule has 0 radical (unpaired) electrons. The highest BCUT2D eigenvalue weighted by atomic mass is 79.9. The average Bonchev–Trinajstić information content (AvgIpc) is 2.30. The van der Waals surface area contributed by atoms with Crippen LogP contribution in [0.25, 0.3) is 0 Å². The van der Waals surface area contributed by atoms with Crippen LogP contribution in [0.1, 0.15) is 24.2 Å². The van der Waals surface area contributed by atoms with Gasteiger partial charge in [-0.15, -0.1) is 0 Å². The number of morpholine rings is 1. The minimum Gasteiger partial charge on any atom is -0.370 e. The summed E-state index contributed by atoms with van der Waals surface area (Å²) in [6.45, 7) is 5.37. The molecule has 1 aliphatic heterocycles. The van der Waals surface area contributed by atoms with Gasteiger partial charge in [0, 0.05) is 11.0 Å². The van der Waals surface area contributed by atoms with Gasteiger partial charge < -0.3 is 9.64 Å². The molecule has 1 aliphatic rings. The molecule has 1 fully saturated rings. The number of amides is 1. The molecule has 2 rings (SSSR count). The first kappa shape index (κ1) is 12.6. The molecule has 92 valence electrons. The lowest BCUT2D eigenvalue weighted by Crippen LogP contribution is -2.44. The molecule has 1 aromatic rings. The van der Waals surface area contributed by atoms with Gasteiger partial charge in [-0.05, 0) is 37.1 Å². The van der Waals surface area contributed by atoms with E-state index in [0.717, 1.165) is 16.4 Å². The van der Waals surface area contributed by atoms with Crippen LogP contribution in [0.4, 0.5) is 0 Å². The molecule has 1 saturated heterocycles. The van der Waals surface area contributed by atoms with Crippen LogP contribution in [0.5, 0.6) is 0 Å². The molecule has 0 spiro atoms. The van der Waals surface area contributed by atoms with E-state index in [-0.39, 0.29) is 12.1 Å². The van der Waals surface area contributed by atoms with Crippen molar-refractivity contribution in [1.29, 1.82) is 0 Å². The number of carbonyl (C=O) groups is 1. The predicted molar refractivity (Wildman–Crippen MR) is 69.8 cm³/mol. The van der Waals surface area contributed by atoms with Gasteiger partial charge in [0.2, 0.25) is 6.41 Å². The van der Waals surface area contributed by atoms with Gasteiger partial charge in [-0.3, -0.25) is 4.79 Å². The number of rotatable bonds is 2. The Labute approximate surface area is 110 Å². The summed E-state index contributed by atoms with van der Waals surface area (Å²) in [5.74, 6) is 0. The van der Waals surface area contributed by atoms with Crippen LogP contribution in [-0.2, 0) is 9.53 Å². The normalized spacial score (nSPS) is 24.8. The molecular formula is C13H16BrNO2. The van der Waals surface area contributed by atoms with E-state index >= 15 is 0 Å². The van der Waals surface area contributed by atoms with Gasteiger partial charge in [0.1, 0.15) is 6.10 Å². The SMILES string of the molecule is Cc1cc(Br)ccc1[C@@H]1OCCN(C=O)C1C. The lowest BCUT2D eigenvalue weighted by molar-refractivity contribution is -0.132. The van der Waals surface area contributed by atoms with Crippen molar-refractivity contribution in [3.05, 3.63) is 33.8 Å². The Kier molecular flexibility index (Phi) is 3.84. The minimum atomic E-state index is -0.0259. The summed E-state index contributed by atoms with van der Waals surface area (Å²) in [7, 11) is 0. The van der Waals surface area contributed by atoms with E-state index < -0.39 is 0 Å². The predicted octanol–water partition coefficient (Wildman–Crippen LogP) is 2.68. The maximum Gasteiger partial charge on any atom is 0.210 e. The summed E-state index contributed by atoms with van der Waals surface area (Å²) in [5, 5.41) is 0. The maximum absolute atomic E-state index is 10.9. The first-order valence-electron chi connectivity index (χ1n) is 5.72. The highest BCUT2D eigenvalue weighted by molar-refractivity contribution is 9.10. The third-order valence-corrected chi connectivity index (χ3v) is 3.78. The number of carbonyl (C=O) groups excluding carboxylic acids is 1. The molecule has 1 amide bonds. The van der Waals surface area contributed by atoms with E-state index in [1.54, 1.807) is 4.90 Å². The molecule has 4 heteroatoms. The molecular weight excluding hydrogens is 282 g/mol. The fraction of sp³-hybridized carbons (Fsp3) is 0.462. The van der Waals surface area contributed by atoms with E-state index in [1.165, 1.54) is 5.56 Å². The standard InChI is InChI=1S/C13H16BrNO2/c1-9-7-11(14)3-4-12(9)13-10(2)15(8-16)5-6-17-13/h3-4,7-8,10,13H,5-6H2,1-2H3/t10?,13-/m1/s1. The van der Waals surface area contributed by atoms with Crippen molar-refractivity contribution in [3.8, 4) is 0 Å². The zero-order valence-electron chi connectivity index (χ0n) is 10.0. The summed E-state index contributed by atoms with van der Waals surface area (Å²) in [4.78, 5) is 12.8. The van der Waals surface area contributed by atoms with Crippen LogP contribution in [0.2, 0.25) is 0 Å². The number of nitrogens with zero attached hydrogens (tertiary/aromatic N) is 1. The Balaban J connectivity index is 2.29. The first-order chi connectivity index (χ1) is 8.13. The fourth-order valence-corrected chi connectivity index (χ4v) is 2.73. The fourth-order valence-electron chi connectivity index (χ4n) is 2.26. The summed E-state index contributed by atoms with van der Waals surface area (Å²) >= 11 is 3.45.